The Morgan fingerprint density at radius 2 is 1.91 bits per heavy atom. The van der Waals surface area contributed by atoms with Crippen molar-refractivity contribution in [2.45, 2.75) is 13.0 Å². The lowest BCUT2D eigenvalue weighted by Gasteiger charge is -2.24. The maximum atomic E-state index is 13.6. The maximum absolute atomic E-state index is 13.6. The van der Waals surface area contributed by atoms with Crippen LogP contribution in [0.2, 0.25) is 5.02 Å². The van der Waals surface area contributed by atoms with Gasteiger partial charge in [0, 0.05) is 10.7 Å². The first-order valence-corrected chi connectivity index (χ1v) is 10.8. The summed E-state index contributed by atoms with van der Waals surface area (Å²) in [6.07, 6.45) is 0. The normalized spacial score (nSPS) is 14.9. The molecule has 3 heterocycles. The maximum Gasteiger partial charge on any atom is 0.296 e. The van der Waals surface area contributed by atoms with Crippen LogP contribution in [0.3, 0.4) is 0 Å². The summed E-state index contributed by atoms with van der Waals surface area (Å²) in [6, 6.07) is 15.9. The summed E-state index contributed by atoms with van der Waals surface area (Å²) in [7, 11) is 0. The van der Waals surface area contributed by atoms with Crippen LogP contribution < -0.4 is 20.8 Å². The Morgan fingerprint density at radius 3 is 2.62 bits per heavy atom. The average molecular weight is 476 g/mol. The molecule has 0 spiro atoms. The minimum atomic E-state index is -0.790. The molecule has 1 aliphatic rings. The Labute approximate surface area is 198 Å². The van der Waals surface area contributed by atoms with Gasteiger partial charge in [-0.2, -0.15) is 0 Å². The van der Waals surface area contributed by atoms with Crippen LogP contribution in [-0.2, 0) is 4.79 Å². The molecule has 8 nitrogen and oxygen atoms in total. The Morgan fingerprint density at radius 1 is 1.15 bits per heavy atom. The Bertz CT molecular complexity index is 1510. The van der Waals surface area contributed by atoms with Gasteiger partial charge in [-0.15, -0.1) is 0 Å². The van der Waals surface area contributed by atoms with E-state index in [0.717, 1.165) is 0 Å². The molecular weight excluding hydrogens is 458 g/mol. The second-order valence-electron chi connectivity index (χ2n) is 7.85. The van der Waals surface area contributed by atoms with E-state index < -0.39 is 17.9 Å². The van der Waals surface area contributed by atoms with Gasteiger partial charge >= 0.3 is 0 Å². The minimum Gasteiger partial charge on any atom is -0.484 e. The van der Waals surface area contributed by atoms with Gasteiger partial charge in [0.15, 0.2) is 12.0 Å². The monoisotopic (exact) mass is 475 g/mol. The molecular formula is C25H18ClN3O5. The molecule has 0 saturated carbocycles. The predicted octanol–water partition coefficient (Wildman–Crippen LogP) is 3.76. The number of fused-ring (bicyclic) bond motifs is 2. The molecule has 0 aliphatic carbocycles. The zero-order valence-electron chi connectivity index (χ0n) is 17.9. The molecule has 0 saturated heterocycles. The summed E-state index contributed by atoms with van der Waals surface area (Å²) in [5, 5.41) is 0.665. The fourth-order valence-electron chi connectivity index (χ4n) is 4.06. The van der Waals surface area contributed by atoms with Crippen LogP contribution >= 0.6 is 11.6 Å². The Hall–Kier alpha value is -4.17. The number of hydrogen-bond acceptors (Lipinski definition) is 6. The van der Waals surface area contributed by atoms with E-state index in [2.05, 4.69) is 4.98 Å². The summed E-state index contributed by atoms with van der Waals surface area (Å²) < 4.78 is 11.3. The highest BCUT2D eigenvalue weighted by Gasteiger charge is 2.44. The van der Waals surface area contributed by atoms with Gasteiger partial charge in [-0.1, -0.05) is 29.8 Å². The molecule has 1 aliphatic heterocycles. The topological polar surface area (TPSA) is 116 Å². The van der Waals surface area contributed by atoms with E-state index >= 15 is 0 Å². The molecule has 2 aromatic carbocycles. The standard InChI is InChI=1S/C25H18ClN3O5/c1-13-3-2-4-20(28-13)29-22(14-5-8-16(9-6-14)33-12-19(27)30)21-23(31)17-11-15(26)7-10-18(17)34-24(21)25(29)32/h2-11,22H,12H2,1H3,(H2,27,30)/t22-/m0/s1. The highest BCUT2D eigenvalue weighted by Crippen LogP contribution is 2.41. The van der Waals surface area contributed by atoms with Gasteiger partial charge in [0.25, 0.3) is 11.8 Å². The summed E-state index contributed by atoms with van der Waals surface area (Å²) in [5.74, 6) is -0.302. The van der Waals surface area contributed by atoms with Crippen LogP contribution in [0.1, 0.15) is 33.4 Å². The number of carbonyl (C=O) groups is 2. The minimum absolute atomic E-state index is 0.0396. The number of rotatable bonds is 5. The molecule has 0 unspecified atom stereocenters. The van der Waals surface area contributed by atoms with E-state index in [1.807, 2.05) is 13.0 Å². The number of nitrogens with zero attached hydrogens (tertiary/aromatic N) is 2. The third-order valence-electron chi connectivity index (χ3n) is 5.53. The first kappa shape index (κ1) is 21.7. The first-order valence-electron chi connectivity index (χ1n) is 10.4. The molecule has 0 radical (unpaired) electrons. The molecule has 4 aromatic rings. The van der Waals surface area contributed by atoms with Crippen molar-refractivity contribution in [3.05, 3.63) is 98.5 Å². The smallest absolute Gasteiger partial charge is 0.296 e. The number of ether oxygens (including phenoxy) is 1. The van der Waals surface area contributed by atoms with Gasteiger partial charge < -0.3 is 14.9 Å². The predicted molar refractivity (Wildman–Crippen MR) is 126 cm³/mol. The van der Waals surface area contributed by atoms with Crippen LogP contribution in [0.25, 0.3) is 11.0 Å². The molecule has 0 fully saturated rings. The lowest BCUT2D eigenvalue weighted by Crippen LogP contribution is -2.30. The summed E-state index contributed by atoms with van der Waals surface area (Å²) >= 11 is 6.12. The zero-order chi connectivity index (χ0) is 24.0. The number of carbonyl (C=O) groups excluding carboxylic acids is 2. The van der Waals surface area contributed by atoms with Crippen molar-refractivity contribution in [2.75, 3.05) is 11.5 Å². The molecule has 2 amide bonds. The second kappa shape index (κ2) is 8.31. The number of primary amides is 1. The second-order valence-corrected chi connectivity index (χ2v) is 8.29. The number of nitrogens with two attached hydrogens (primary N) is 1. The van der Waals surface area contributed by atoms with Gasteiger partial charge in [0.2, 0.25) is 5.76 Å². The number of anilines is 1. The number of benzene rings is 2. The van der Waals surface area contributed by atoms with Gasteiger partial charge in [0.05, 0.1) is 17.0 Å². The van der Waals surface area contributed by atoms with E-state index in [1.165, 1.54) is 11.0 Å². The lowest BCUT2D eigenvalue weighted by molar-refractivity contribution is -0.119. The van der Waals surface area contributed by atoms with Crippen LogP contribution in [0.4, 0.5) is 5.82 Å². The van der Waals surface area contributed by atoms with Crippen molar-refractivity contribution in [1.29, 1.82) is 0 Å². The van der Waals surface area contributed by atoms with Crippen LogP contribution in [0.15, 0.2) is 69.9 Å². The number of amides is 2. The largest absolute Gasteiger partial charge is 0.484 e. The summed E-state index contributed by atoms with van der Waals surface area (Å²) in [4.78, 5) is 44.1. The summed E-state index contributed by atoms with van der Waals surface area (Å²) in [6.45, 7) is 1.55. The van der Waals surface area contributed by atoms with E-state index in [9.17, 15) is 14.4 Å². The van der Waals surface area contributed by atoms with Crippen LogP contribution in [0.5, 0.6) is 5.75 Å². The fraction of sp³-hybridized carbons (Fsp3) is 0.120. The third-order valence-corrected chi connectivity index (χ3v) is 5.76. The number of halogens is 1. The number of aryl methyl sites for hydroxylation is 1. The zero-order valence-corrected chi connectivity index (χ0v) is 18.7. The molecule has 9 heteroatoms. The van der Waals surface area contributed by atoms with Gasteiger partial charge in [-0.3, -0.25) is 19.3 Å². The van der Waals surface area contributed by atoms with E-state index in [1.54, 1.807) is 48.5 Å². The third kappa shape index (κ3) is 3.68. The molecule has 2 aromatic heterocycles. The van der Waals surface area contributed by atoms with Gasteiger partial charge in [0.1, 0.15) is 17.2 Å². The van der Waals surface area contributed by atoms with E-state index in [-0.39, 0.29) is 34.3 Å². The molecule has 34 heavy (non-hydrogen) atoms. The SMILES string of the molecule is Cc1cccc(N2C(=O)c3oc4ccc(Cl)cc4c(=O)c3[C@@H]2c2ccc(OCC(N)=O)cc2)n1. The lowest BCUT2D eigenvalue weighted by atomic mass is 9.98. The van der Waals surface area contributed by atoms with Crippen molar-refractivity contribution >= 4 is 40.2 Å². The quantitative estimate of drug-likeness (QED) is 0.469. The van der Waals surface area contributed by atoms with Crippen molar-refractivity contribution in [1.82, 2.24) is 4.98 Å². The Balaban J connectivity index is 1.70. The van der Waals surface area contributed by atoms with Crippen molar-refractivity contribution in [3.8, 4) is 5.75 Å². The van der Waals surface area contributed by atoms with Crippen LogP contribution in [-0.4, -0.2) is 23.4 Å². The Kier molecular flexibility index (Phi) is 5.30. The van der Waals surface area contributed by atoms with Crippen molar-refractivity contribution in [2.24, 2.45) is 5.73 Å². The highest BCUT2D eigenvalue weighted by atomic mass is 35.5. The first-order chi connectivity index (χ1) is 16.3. The van der Waals surface area contributed by atoms with Gasteiger partial charge in [-0.25, -0.2) is 4.98 Å². The number of aromatic nitrogens is 1. The molecule has 0 bridgehead atoms. The molecule has 170 valence electrons. The van der Waals surface area contributed by atoms with Crippen molar-refractivity contribution < 1.29 is 18.7 Å². The number of pyridine rings is 1. The van der Waals surface area contributed by atoms with E-state index in [4.69, 9.17) is 26.5 Å². The summed E-state index contributed by atoms with van der Waals surface area (Å²) in [5.41, 5.74) is 6.61. The molecule has 1 atom stereocenters. The van der Waals surface area contributed by atoms with Crippen LogP contribution in [0, 0.1) is 6.92 Å². The van der Waals surface area contributed by atoms with Gasteiger partial charge in [-0.05, 0) is 55.0 Å². The number of hydrogen-bond donors (Lipinski definition) is 1. The fourth-order valence-corrected chi connectivity index (χ4v) is 4.23. The van der Waals surface area contributed by atoms with E-state index in [0.29, 0.717) is 27.8 Å². The average Bonchev–Trinajstić information content (AvgIpc) is 3.11. The van der Waals surface area contributed by atoms with Crippen molar-refractivity contribution in [3.63, 3.8) is 0 Å². The molecule has 5 rings (SSSR count). The molecule has 2 N–H and O–H groups in total. The highest BCUT2D eigenvalue weighted by molar-refractivity contribution is 6.31.